The summed E-state index contributed by atoms with van der Waals surface area (Å²) in [6, 6.07) is 8.75. The summed E-state index contributed by atoms with van der Waals surface area (Å²) in [5.74, 6) is 0.818. The summed E-state index contributed by atoms with van der Waals surface area (Å²) in [6.07, 6.45) is 2.03. The van der Waals surface area contributed by atoms with Crippen LogP contribution in [0.2, 0.25) is 0 Å². The van der Waals surface area contributed by atoms with E-state index < -0.39 is 6.10 Å². The van der Waals surface area contributed by atoms with Gasteiger partial charge in [0.2, 0.25) is 0 Å². The summed E-state index contributed by atoms with van der Waals surface area (Å²) < 4.78 is 5.60. The van der Waals surface area contributed by atoms with E-state index in [1.54, 1.807) is 0 Å². The van der Waals surface area contributed by atoms with Crippen LogP contribution in [0.25, 0.3) is 0 Å². The summed E-state index contributed by atoms with van der Waals surface area (Å²) in [5.41, 5.74) is 1.45. The maximum Gasteiger partial charge on any atom is 0.119 e. The van der Waals surface area contributed by atoms with E-state index >= 15 is 0 Å². The summed E-state index contributed by atoms with van der Waals surface area (Å²) in [6.45, 7) is 7.53. The third kappa shape index (κ3) is 4.84. The molecule has 3 nitrogen and oxygen atoms in total. The Morgan fingerprint density at radius 2 is 1.89 bits per heavy atom. The summed E-state index contributed by atoms with van der Waals surface area (Å²) in [4.78, 5) is 0. The third-order valence-corrected chi connectivity index (χ3v) is 3.38. The first-order valence-corrected chi connectivity index (χ1v) is 7.10. The molecule has 0 amide bonds. The van der Waals surface area contributed by atoms with Gasteiger partial charge in [-0.3, -0.25) is 0 Å². The first-order chi connectivity index (χ1) is 8.95. The van der Waals surface area contributed by atoms with E-state index in [2.05, 4.69) is 38.2 Å². The van der Waals surface area contributed by atoms with Gasteiger partial charge in [-0.1, -0.05) is 32.9 Å². The molecular weight excluding hydrogens is 238 g/mol. The number of hydrogen-bond donors (Lipinski definition) is 2. The fourth-order valence-corrected chi connectivity index (χ4v) is 1.89. The molecule has 0 aromatic heterocycles. The molecule has 0 aliphatic heterocycles. The maximum atomic E-state index is 9.78. The molecule has 1 fully saturated rings. The number of rotatable bonds is 6. The van der Waals surface area contributed by atoms with Gasteiger partial charge in [0.15, 0.2) is 0 Å². The second kappa shape index (κ2) is 5.93. The van der Waals surface area contributed by atoms with Crippen LogP contribution in [0.5, 0.6) is 5.75 Å². The van der Waals surface area contributed by atoms with Gasteiger partial charge < -0.3 is 15.2 Å². The highest BCUT2D eigenvalue weighted by molar-refractivity contribution is 5.31. The van der Waals surface area contributed by atoms with Crippen molar-refractivity contribution in [1.82, 2.24) is 5.32 Å². The van der Waals surface area contributed by atoms with Gasteiger partial charge in [0, 0.05) is 12.6 Å². The van der Waals surface area contributed by atoms with Crippen molar-refractivity contribution in [2.45, 2.75) is 51.2 Å². The lowest BCUT2D eigenvalue weighted by molar-refractivity contribution is 0.106. The highest BCUT2D eigenvalue weighted by Crippen LogP contribution is 2.24. The zero-order chi connectivity index (χ0) is 13.9. The molecule has 1 aromatic carbocycles. The number of aliphatic hydroxyl groups is 1. The molecule has 0 bridgehead atoms. The molecule has 2 N–H and O–H groups in total. The lowest BCUT2D eigenvalue weighted by Crippen LogP contribution is -2.32. The first kappa shape index (κ1) is 14.4. The lowest BCUT2D eigenvalue weighted by Gasteiger charge is -2.19. The second-order valence-electron chi connectivity index (χ2n) is 6.42. The SMILES string of the molecule is CC(C)(C)c1ccc(OC[C@H](O)CNC2CC2)cc1. The number of ether oxygens (including phenoxy) is 1. The van der Waals surface area contributed by atoms with E-state index in [0.29, 0.717) is 19.2 Å². The van der Waals surface area contributed by atoms with Crippen molar-refractivity contribution in [2.75, 3.05) is 13.2 Å². The molecule has 0 saturated heterocycles. The standard InChI is InChI=1S/C16H25NO2/c1-16(2,3)12-4-8-15(9-5-12)19-11-14(18)10-17-13-6-7-13/h4-5,8-9,13-14,17-18H,6-7,10-11H2,1-3H3/t14-/m1/s1. The number of benzene rings is 1. The Balaban J connectivity index is 1.75. The van der Waals surface area contributed by atoms with Crippen LogP contribution in [0.4, 0.5) is 0 Å². The fraction of sp³-hybridized carbons (Fsp3) is 0.625. The van der Waals surface area contributed by atoms with Crippen molar-refractivity contribution in [2.24, 2.45) is 0 Å². The molecule has 0 heterocycles. The van der Waals surface area contributed by atoms with Gasteiger partial charge in [-0.05, 0) is 36.0 Å². The number of aliphatic hydroxyl groups excluding tert-OH is 1. The summed E-state index contributed by atoms with van der Waals surface area (Å²) in [7, 11) is 0. The van der Waals surface area contributed by atoms with Crippen LogP contribution in [0.3, 0.4) is 0 Å². The third-order valence-electron chi connectivity index (χ3n) is 3.38. The van der Waals surface area contributed by atoms with E-state index in [9.17, 15) is 5.11 Å². The molecule has 3 heteroatoms. The quantitative estimate of drug-likeness (QED) is 0.828. The zero-order valence-corrected chi connectivity index (χ0v) is 12.1. The van der Waals surface area contributed by atoms with Crippen LogP contribution < -0.4 is 10.1 Å². The van der Waals surface area contributed by atoms with E-state index in [0.717, 1.165) is 5.75 Å². The Morgan fingerprint density at radius 1 is 1.26 bits per heavy atom. The van der Waals surface area contributed by atoms with Crippen molar-refractivity contribution in [3.8, 4) is 5.75 Å². The van der Waals surface area contributed by atoms with E-state index in [4.69, 9.17) is 4.74 Å². The largest absolute Gasteiger partial charge is 0.491 e. The van der Waals surface area contributed by atoms with Gasteiger partial charge in [0.25, 0.3) is 0 Å². The average molecular weight is 263 g/mol. The van der Waals surface area contributed by atoms with Crippen molar-refractivity contribution < 1.29 is 9.84 Å². The molecule has 1 saturated carbocycles. The van der Waals surface area contributed by atoms with Crippen molar-refractivity contribution in [3.63, 3.8) is 0 Å². The van der Waals surface area contributed by atoms with Gasteiger partial charge in [-0.2, -0.15) is 0 Å². The molecule has 1 aromatic rings. The zero-order valence-electron chi connectivity index (χ0n) is 12.1. The highest BCUT2D eigenvalue weighted by atomic mass is 16.5. The Labute approximate surface area is 116 Å². The molecule has 0 spiro atoms. The smallest absolute Gasteiger partial charge is 0.119 e. The van der Waals surface area contributed by atoms with Crippen molar-refractivity contribution >= 4 is 0 Å². The van der Waals surface area contributed by atoms with E-state index in [1.165, 1.54) is 18.4 Å². The van der Waals surface area contributed by atoms with Crippen LogP contribution in [0.15, 0.2) is 24.3 Å². The summed E-state index contributed by atoms with van der Waals surface area (Å²) >= 11 is 0. The minimum absolute atomic E-state index is 0.159. The predicted molar refractivity (Wildman–Crippen MR) is 77.7 cm³/mol. The van der Waals surface area contributed by atoms with Crippen LogP contribution in [-0.2, 0) is 5.41 Å². The van der Waals surface area contributed by atoms with Crippen LogP contribution >= 0.6 is 0 Å². The highest BCUT2D eigenvalue weighted by Gasteiger charge is 2.21. The van der Waals surface area contributed by atoms with Crippen LogP contribution in [0, 0.1) is 0 Å². The van der Waals surface area contributed by atoms with Crippen LogP contribution in [-0.4, -0.2) is 30.4 Å². The minimum atomic E-state index is -0.442. The Kier molecular flexibility index (Phi) is 4.48. The van der Waals surface area contributed by atoms with Crippen molar-refractivity contribution in [1.29, 1.82) is 0 Å². The lowest BCUT2D eigenvalue weighted by atomic mass is 9.87. The van der Waals surface area contributed by atoms with Crippen LogP contribution in [0.1, 0.15) is 39.2 Å². The molecule has 0 radical (unpaired) electrons. The fourth-order valence-electron chi connectivity index (χ4n) is 1.89. The van der Waals surface area contributed by atoms with Gasteiger partial charge in [0.05, 0.1) is 0 Å². The normalized spacial score (nSPS) is 17.3. The topological polar surface area (TPSA) is 41.5 Å². The monoisotopic (exact) mass is 263 g/mol. The second-order valence-corrected chi connectivity index (χ2v) is 6.42. The van der Waals surface area contributed by atoms with Gasteiger partial charge in [0.1, 0.15) is 18.5 Å². The Bertz CT molecular complexity index is 390. The molecule has 2 rings (SSSR count). The molecule has 0 unspecified atom stereocenters. The van der Waals surface area contributed by atoms with Gasteiger partial charge in [-0.15, -0.1) is 0 Å². The van der Waals surface area contributed by atoms with Crippen molar-refractivity contribution in [3.05, 3.63) is 29.8 Å². The molecular formula is C16H25NO2. The average Bonchev–Trinajstić information content (AvgIpc) is 3.17. The Hall–Kier alpha value is -1.06. The molecule has 1 aliphatic carbocycles. The summed E-state index contributed by atoms with van der Waals surface area (Å²) in [5, 5.41) is 13.1. The first-order valence-electron chi connectivity index (χ1n) is 7.10. The molecule has 19 heavy (non-hydrogen) atoms. The van der Waals surface area contributed by atoms with Gasteiger partial charge >= 0.3 is 0 Å². The van der Waals surface area contributed by atoms with Gasteiger partial charge in [-0.25, -0.2) is 0 Å². The van der Waals surface area contributed by atoms with E-state index in [1.807, 2.05) is 12.1 Å². The predicted octanol–water partition coefficient (Wildman–Crippen LogP) is 2.48. The molecule has 1 atom stereocenters. The van der Waals surface area contributed by atoms with E-state index in [-0.39, 0.29) is 5.41 Å². The number of hydrogen-bond acceptors (Lipinski definition) is 3. The minimum Gasteiger partial charge on any atom is -0.491 e. The maximum absolute atomic E-state index is 9.78. The molecule has 1 aliphatic rings. The Morgan fingerprint density at radius 3 is 2.42 bits per heavy atom. The number of nitrogens with one attached hydrogen (secondary N) is 1. The molecule has 106 valence electrons.